The van der Waals surface area contributed by atoms with E-state index >= 15 is 0 Å². The van der Waals surface area contributed by atoms with Crippen molar-refractivity contribution in [2.24, 2.45) is 0 Å². The van der Waals surface area contributed by atoms with Crippen molar-refractivity contribution in [1.82, 2.24) is 4.98 Å². The van der Waals surface area contributed by atoms with Crippen LogP contribution in [-0.2, 0) is 0 Å². The second-order valence-electron chi connectivity index (χ2n) is 5.56. The number of aromatic nitrogens is 2. The number of benzene rings is 2. The molecule has 5 nitrogen and oxygen atoms in total. The molecule has 0 bridgehead atoms. The largest absolute Gasteiger partial charge is 0.618 e. The highest BCUT2D eigenvalue weighted by atomic mass is 16.5. The molecule has 3 aromatic rings. The van der Waals surface area contributed by atoms with Crippen LogP contribution in [0.3, 0.4) is 0 Å². The Kier molecular flexibility index (Phi) is 4.76. The van der Waals surface area contributed by atoms with Crippen LogP contribution in [0, 0.1) is 5.21 Å². The molecule has 3 rings (SSSR count). The molecule has 0 aliphatic rings. The summed E-state index contributed by atoms with van der Waals surface area (Å²) in [4.78, 5) is 4.29. The van der Waals surface area contributed by atoms with Crippen LogP contribution in [0.25, 0.3) is 24.3 Å². The number of hydrogen-bond acceptors (Lipinski definition) is 4. The van der Waals surface area contributed by atoms with Gasteiger partial charge in [-0.05, 0) is 47.5 Å². The van der Waals surface area contributed by atoms with Gasteiger partial charge in [0.15, 0.2) is 0 Å². The highest BCUT2D eigenvalue weighted by molar-refractivity contribution is 5.69. The first-order valence-electron chi connectivity index (χ1n) is 7.76. The predicted molar refractivity (Wildman–Crippen MR) is 103 cm³/mol. The summed E-state index contributed by atoms with van der Waals surface area (Å²) in [7, 11) is 0. The van der Waals surface area contributed by atoms with E-state index < -0.39 is 0 Å². The molecule has 0 saturated carbocycles. The van der Waals surface area contributed by atoms with Gasteiger partial charge in [-0.15, -0.1) is 0 Å². The quantitative estimate of drug-likeness (QED) is 0.436. The fraction of sp³-hybridized carbons (Fsp3) is 0. The predicted octanol–water partition coefficient (Wildman–Crippen LogP) is 3.22. The van der Waals surface area contributed by atoms with Gasteiger partial charge in [-0.3, -0.25) is 0 Å². The van der Waals surface area contributed by atoms with Crippen LogP contribution in [0.2, 0.25) is 0 Å². The fourth-order valence-corrected chi connectivity index (χ4v) is 2.21. The lowest BCUT2D eigenvalue weighted by molar-refractivity contribution is -0.608. The molecule has 2 aromatic carbocycles. The second-order valence-corrected chi connectivity index (χ2v) is 5.56. The summed E-state index contributed by atoms with van der Waals surface area (Å²) in [6.45, 7) is 0. The van der Waals surface area contributed by atoms with E-state index in [0.29, 0.717) is 22.8 Å². The van der Waals surface area contributed by atoms with Crippen LogP contribution in [0.1, 0.15) is 22.5 Å². The summed E-state index contributed by atoms with van der Waals surface area (Å²) in [6, 6.07) is 14.9. The van der Waals surface area contributed by atoms with Gasteiger partial charge in [-0.2, -0.15) is 4.73 Å². The normalized spacial score (nSPS) is 11.4. The molecule has 1 aromatic heterocycles. The maximum absolute atomic E-state index is 12.1. The van der Waals surface area contributed by atoms with Gasteiger partial charge in [-0.25, -0.2) is 4.98 Å². The summed E-state index contributed by atoms with van der Waals surface area (Å²) in [6.07, 6.45) is 10.2. The first-order chi connectivity index (χ1) is 12.1. The zero-order valence-electron chi connectivity index (χ0n) is 13.5. The SMILES string of the molecule is Nc1ccc(C=Cc2c[n+]([O-])c(C=Cc3ccc(N)cc3)cn2)cc1. The molecule has 5 heteroatoms. The van der Waals surface area contributed by atoms with E-state index in [1.807, 2.05) is 60.7 Å². The molecular weight excluding hydrogens is 312 g/mol. The molecule has 0 saturated heterocycles. The van der Waals surface area contributed by atoms with E-state index in [2.05, 4.69) is 4.98 Å². The minimum Gasteiger partial charge on any atom is -0.618 e. The highest BCUT2D eigenvalue weighted by Crippen LogP contribution is 2.10. The van der Waals surface area contributed by atoms with Crippen molar-refractivity contribution in [2.75, 3.05) is 11.5 Å². The molecule has 124 valence electrons. The Morgan fingerprint density at radius 1 is 0.760 bits per heavy atom. The number of rotatable bonds is 4. The third kappa shape index (κ3) is 4.45. The number of nitrogens with two attached hydrogens (primary N) is 2. The lowest BCUT2D eigenvalue weighted by Crippen LogP contribution is -2.30. The van der Waals surface area contributed by atoms with E-state index in [1.54, 1.807) is 18.3 Å². The first-order valence-corrected chi connectivity index (χ1v) is 7.76. The molecule has 0 atom stereocenters. The van der Waals surface area contributed by atoms with E-state index in [4.69, 9.17) is 11.5 Å². The van der Waals surface area contributed by atoms with Crippen LogP contribution >= 0.6 is 0 Å². The number of hydrogen-bond donors (Lipinski definition) is 2. The molecule has 0 amide bonds. The van der Waals surface area contributed by atoms with Crippen molar-refractivity contribution >= 4 is 35.7 Å². The fourth-order valence-electron chi connectivity index (χ4n) is 2.21. The Hall–Kier alpha value is -3.60. The van der Waals surface area contributed by atoms with Crippen LogP contribution in [0.15, 0.2) is 60.9 Å². The molecule has 1 heterocycles. The van der Waals surface area contributed by atoms with E-state index in [0.717, 1.165) is 15.9 Å². The Morgan fingerprint density at radius 3 is 1.80 bits per heavy atom. The average molecular weight is 330 g/mol. The number of nitrogens with zero attached hydrogens (tertiary/aromatic N) is 2. The Labute approximate surface area is 146 Å². The average Bonchev–Trinajstić information content (AvgIpc) is 2.62. The highest BCUT2D eigenvalue weighted by Gasteiger charge is 2.03. The van der Waals surface area contributed by atoms with Gasteiger partial charge in [0.05, 0.1) is 0 Å². The summed E-state index contributed by atoms with van der Waals surface area (Å²) in [5.74, 6) is 0. The summed E-state index contributed by atoms with van der Waals surface area (Å²) in [5.41, 5.74) is 15.7. The van der Waals surface area contributed by atoms with Gasteiger partial charge in [0.1, 0.15) is 11.9 Å². The van der Waals surface area contributed by atoms with E-state index in [1.165, 1.54) is 6.20 Å². The standard InChI is InChI=1S/C20H18N4O/c21-17-7-1-15(2-8-17)5-11-19-14-24(25)20(13-23-19)12-6-16-3-9-18(22)10-4-16/h1-14H,21-22H2. The topological polar surface area (TPSA) is 91.9 Å². The van der Waals surface area contributed by atoms with Crippen LogP contribution < -0.4 is 16.2 Å². The third-order valence-corrected chi connectivity index (χ3v) is 3.62. The molecule has 0 fully saturated rings. The second kappa shape index (κ2) is 7.31. The zero-order valence-corrected chi connectivity index (χ0v) is 13.5. The minimum absolute atomic E-state index is 0.460. The van der Waals surface area contributed by atoms with Crippen molar-refractivity contribution < 1.29 is 4.73 Å². The molecule has 0 aliphatic carbocycles. The molecule has 0 aliphatic heterocycles. The minimum atomic E-state index is 0.460. The van der Waals surface area contributed by atoms with Crippen LogP contribution in [-0.4, -0.2) is 4.98 Å². The lowest BCUT2D eigenvalue weighted by atomic mass is 10.2. The molecular formula is C20H18N4O. The smallest absolute Gasteiger partial charge is 0.234 e. The van der Waals surface area contributed by atoms with Crippen molar-refractivity contribution in [2.45, 2.75) is 0 Å². The first kappa shape index (κ1) is 16.3. The lowest BCUT2D eigenvalue weighted by Gasteiger charge is -2.01. The Morgan fingerprint density at radius 2 is 1.28 bits per heavy atom. The van der Waals surface area contributed by atoms with Crippen molar-refractivity contribution in [3.63, 3.8) is 0 Å². The molecule has 4 N–H and O–H groups in total. The van der Waals surface area contributed by atoms with Gasteiger partial charge in [-0.1, -0.05) is 30.3 Å². The number of nitrogen functional groups attached to an aromatic ring is 2. The molecule has 25 heavy (non-hydrogen) atoms. The van der Waals surface area contributed by atoms with Crippen molar-refractivity contribution in [1.29, 1.82) is 0 Å². The van der Waals surface area contributed by atoms with Gasteiger partial charge < -0.3 is 16.7 Å². The van der Waals surface area contributed by atoms with Gasteiger partial charge in [0.25, 0.3) is 0 Å². The Balaban J connectivity index is 1.74. The Bertz CT molecular complexity index is 913. The van der Waals surface area contributed by atoms with Crippen molar-refractivity contribution in [3.05, 3.63) is 88.6 Å². The maximum atomic E-state index is 12.1. The maximum Gasteiger partial charge on any atom is 0.234 e. The molecule has 0 radical (unpaired) electrons. The third-order valence-electron chi connectivity index (χ3n) is 3.62. The summed E-state index contributed by atoms with van der Waals surface area (Å²) in [5, 5.41) is 12.1. The summed E-state index contributed by atoms with van der Waals surface area (Å²) < 4.78 is 0.795. The van der Waals surface area contributed by atoms with Gasteiger partial charge in [0, 0.05) is 17.5 Å². The number of anilines is 2. The van der Waals surface area contributed by atoms with Crippen LogP contribution in [0.5, 0.6) is 0 Å². The van der Waals surface area contributed by atoms with Gasteiger partial charge >= 0.3 is 0 Å². The van der Waals surface area contributed by atoms with E-state index in [9.17, 15) is 5.21 Å². The van der Waals surface area contributed by atoms with Gasteiger partial charge in [0.2, 0.25) is 11.9 Å². The monoisotopic (exact) mass is 330 g/mol. The molecule has 0 unspecified atom stereocenters. The van der Waals surface area contributed by atoms with Crippen molar-refractivity contribution in [3.8, 4) is 0 Å². The van der Waals surface area contributed by atoms with E-state index in [-0.39, 0.29) is 0 Å². The zero-order chi connectivity index (χ0) is 17.6. The van der Waals surface area contributed by atoms with Crippen LogP contribution in [0.4, 0.5) is 11.4 Å². The summed E-state index contributed by atoms with van der Waals surface area (Å²) >= 11 is 0. The molecule has 0 spiro atoms.